The van der Waals surface area contributed by atoms with Gasteiger partial charge in [-0.25, -0.2) is 0 Å². The van der Waals surface area contributed by atoms with Crippen LogP contribution >= 0.6 is 0 Å². The molecular formula is C24H24O. The molecular weight excluding hydrogens is 304 g/mol. The smallest absolute Gasteiger partial charge is 0.0589 e. The highest BCUT2D eigenvalue weighted by atomic mass is 16.3. The molecule has 4 rings (SSSR count). The molecule has 0 saturated carbocycles. The highest BCUT2D eigenvalue weighted by Gasteiger charge is 2.39. The minimum atomic E-state index is -0.276. The van der Waals surface area contributed by atoms with Crippen LogP contribution in [0.15, 0.2) is 84.9 Å². The molecule has 3 aromatic rings. The second-order valence-electron chi connectivity index (χ2n) is 7.32. The van der Waals surface area contributed by atoms with Crippen molar-refractivity contribution in [2.75, 3.05) is 0 Å². The van der Waals surface area contributed by atoms with Crippen molar-refractivity contribution in [3.8, 4) is 0 Å². The number of fused-ring (bicyclic) bond motifs is 1. The lowest BCUT2D eigenvalue weighted by Gasteiger charge is -2.42. The van der Waals surface area contributed by atoms with Gasteiger partial charge in [-0.15, -0.1) is 0 Å². The Morgan fingerprint density at radius 2 is 1.24 bits per heavy atom. The second-order valence-corrected chi connectivity index (χ2v) is 7.32. The molecule has 0 spiro atoms. The van der Waals surface area contributed by atoms with Gasteiger partial charge in [-0.2, -0.15) is 0 Å². The summed E-state index contributed by atoms with van der Waals surface area (Å²) in [4.78, 5) is 0. The van der Waals surface area contributed by atoms with Crippen molar-refractivity contribution in [2.24, 2.45) is 0 Å². The predicted molar refractivity (Wildman–Crippen MR) is 103 cm³/mol. The first-order valence-electron chi connectivity index (χ1n) is 9.09. The minimum Gasteiger partial charge on any atom is -0.393 e. The van der Waals surface area contributed by atoms with Gasteiger partial charge in [0, 0.05) is 5.41 Å². The highest BCUT2D eigenvalue weighted by molar-refractivity contribution is 5.41. The van der Waals surface area contributed by atoms with Crippen LogP contribution in [0.2, 0.25) is 0 Å². The predicted octanol–water partition coefficient (Wildman–Crippen LogP) is 4.72. The molecule has 1 nitrogen and oxygen atoms in total. The average molecular weight is 328 g/mol. The van der Waals surface area contributed by atoms with Crippen molar-refractivity contribution in [1.29, 1.82) is 0 Å². The van der Waals surface area contributed by atoms with Crippen LogP contribution < -0.4 is 0 Å². The summed E-state index contributed by atoms with van der Waals surface area (Å²) < 4.78 is 0. The molecule has 0 aliphatic heterocycles. The van der Waals surface area contributed by atoms with Gasteiger partial charge in [0.25, 0.3) is 0 Å². The van der Waals surface area contributed by atoms with E-state index in [0.29, 0.717) is 0 Å². The third-order valence-corrected chi connectivity index (χ3v) is 5.44. The Kier molecular flexibility index (Phi) is 4.42. The first-order valence-corrected chi connectivity index (χ1v) is 9.09. The quantitative estimate of drug-likeness (QED) is 0.735. The molecule has 25 heavy (non-hydrogen) atoms. The van der Waals surface area contributed by atoms with E-state index in [9.17, 15) is 5.11 Å². The average Bonchev–Trinajstić information content (AvgIpc) is 2.63. The van der Waals surface area contributed by atoms with Gasteiger partial charge in [0.2, 0.25) is 0 Å². The van der Waals surface area contributed by atoms with Gasteiger partial charge in [-0.05, 0) is 47.9 Å². The van der Waals surface area contributed by atoms with Gasteiger partial charge < -0.3 is 5.11 Å². The van der Waals surface area contributed by atoms with Crippen molar-refractivity contribution >= 4 is 0 Å². The van der Waals surface area contributed by atoms with E-state index in [-0.39, 0.29) is 11.5 Å². The van der Waals surface area contributed by atoms with Crippen molar-refractivity contribution in [3.05, 3.63) is 107 Å². The van der Waals surface area contributed by atoms with E-state index >= 15 is 0 Å². The van der Waals surface area contributed by atoms with Crippen LogP contribution in [0, 0.1) is 0 Å². The van der Waals surface area contributed by atoms with E-state index in [0.717, 1.165) is 25.7 Å². The molecule has 0 aromatic heterocycles. The lowest BCUT2D eigenvalue weighted by atomic mass is 9.63. The molecule has 1 unspecified atom stereocenters. The Labute approximate surface area is 150 Å². The number of hydrogen-bond donors (Lipinski definition) is 1. The Balaban J connectivity index is 1.81. The van der Waals surface area contributed by atoms with E-state index in [1.807, 2.05) is 0 Å². The van der Waals surface area contributed by atoms with Gasteiger partial charge >= 0.3 is 0 Å². The van der Waals surface area contributed by atoms with Crippen molar-refractivity contribution in [3.63, 3.8) is 0 Å². The first kappa shape index (κ1) is 16.1. The maximum absolute atomic E-state index is 10.6. The highest BCUT2D eigenvalue weighted by Crippen LogP contribution is 2.42. The maximum atomic E-state index is 10.6. The summed E-state index contributed by atoms with van der Waals surface area (Å²) in [5.41, 5.74) is 5.32. The van der Waals surface area contributed by atoms with Crippen molar-refractivity contribution in [1.82, 2.24) is 0 Å². The zero-order valence-corrected chi connectivity index (χ0v) is 14.4. The third kappa shape index (κ3) is 3.38. The summed E-state index contributed by atoms with van der Waals surface area (Å²) >= 11 is 0. The van der Waals surface area contributed by atoms with Crippen LogP contribution in [0.3, 0.4) is 0 Å². The lowest BCUT2D eigenvalue weighted by molar-refractivity contribution is 0.116. The number of rotatable bonds is 4. The van der Waals surface area contributed by atoms with Gasteiger partial charge in [-0.1, -0.05) is 84.9 Å². The Morgan fingerprint density at radius 1 is 0.720 bits per heavy atom. The Hall–Kier alpha value is -2.38. The first-order chi connectivity index (χ1) is 12.3. The van der Waals surface area contributed by atoms with Crippen LogP contribution in [0.5, 0.6) is 0 Å². The van der Waals surface area contributed by atoms with E-state index in [2.05, 4.69) is 84.9 Å². The second kappa shape index (κ2) is 6.85. The molecule has 0 fully saturated rings. The summed E-state index contributed by atoms with van der Waals surface area (Å²) in [6, 6.07) is 30.1. The van der Waals surface area contributed by atoms with Crippen LogP contribution in [-0.2, 0) is 24.7 Å². The molecule has 1 N–H and O–H groups in total. The monoisotopic (exact) mass is 328 g/mol. The van der Waals surface area contributed by atoms with Crippen LogP contribution in [0.1, 0.15) is 28.7 Å². The summed E-state index contributed by atoms with van der Waals surface area (Å²) in [5.74, 6) is 0. The van der Waals surface area contributed by atoms with Gasteiger partial charge in [0.1, 0.15) is 0 Å². The molecule has 1 atom stereocenters. The molecule has 126 valence electrons. The van der Waals surface area contributed by atoms with Gasteiger partial charge in [0.05, 0.1) is 6.10 Å². The fourth-order valence-corrected chi connectivity index (χ4v) is 4.47. The summed E-state index contributed by atoms with van der Waals surface area (Å²) in [6.07, 6.45) is 3.21. The maximum Gasteiger partial charge on any atom is 0.0589 e. The van der Waals surface area contributed by atoms with E-state index in [1.54, 1.807) is 0 Å². The topological polar surface area (TPSA) is 20.2 Å². The number of aliphatic hydroxyl groups is 1. The Bertz CT molecular complexity index is 781. The van der Waals surface area contributed by atoms with Gasteiger partial charge in [-0.3, -0.25) is 0 Å². The number of benzene rings is 3. The van der Waals surface area contributed by atoms with E-state index < -0.39 is 0 Å². The zero-order chi connectivity index (χ0) is 17.1. The summed E-state index contributed by atoms with van der Waals surface area (Å²) in [6.45, 7) is 0. The summed E-state index contributed by atoms with van der Waals surface area (Å²) in [5, 5.41) is 10.6. The molecule has 0 saturated heterocycles. The fourth-order valence-electron chi connectivity index (χ4n) is 4.47. The van der Waals surface area contributed by atoms with Crippen molar-refractivity contribution in [2.45, 2.75) is 37.2 Å². The summed E-state index contributed by atoms with van der Waals surface area (Å²) in [7, 11) is 0. The van der Waals surface area contributed by atoms with Crippen molar-refractivity contribution < 1.29 is 5.11 Å². The normalized spacial score (nSPS) is 18.5. The largest absolute Gasteiger partial charge is 0.393 e. The molecule has 1 aliphatic carbocycles. The van der Waals surface area contributed by atoms with Crippen LogP contribution in [0.4, 0.5) is 0 Å². The standard InChI is InChI=1S/C24H24O/c25-22-15-21-13-7-8-14-23(21)24(18-22,16-19-9-3-1-4-10-19)17-20-11-5-2-6-12-20/h1-14,22,25H,15-18H2. The molecule has 0 heterocycles. The number of hydrogen-bond acceptors (Lipinski definition) is 1. The fraction of sp³-hybridized carbons (Fsp3) is 0.250. The SMILES string of the molecule is OC1Cc2ccccc2C(Cc2ccccc2)(Cc2ccccc2)C1. The molecule has 1 aliphatic rings. The minimum absolute atomic E-state index is 0.0586. The molecule has 1 heteroatoms. The van der Waals surface area contributed by atoms with Crippen LogP contribution in [0.25, 0.3) is 0 Å². The lowest BCUT2D eigenvalue weighted by Crippen LogP contribution is -2.41. The zero-order valence-electron chi connectivity index (χ0n) is 14.4. The van der Waals surface area contributed by atoms with Crippen LogP contribution in [-0.4, -0.2) is 11.2 Å². The third-order valence-electron chi connectivity index (χ3n) is 5.44. The Morgan fingerprint density at radius 3 is 1.84 bits per heavy atom. The van der Waals surface area contributed by atoms with Gasteiger partial charge in [0.15, 0.2) is 0 Å². The molecule has 0 bridgehead atoms. The number of aliphatic hydroxyl groups excluding tert-OH is 1. The van der Waals surface area contributed by atoms with E-state index in [1.165, 1.54) is 22.3 Å². The molecule has 3 aromatic carbocycles. The molecule has 0 amide bonds. The molecule has 0 radical (unpaired) electrons. The van der Waals surface area contributed by atoms with E-state index in [4.69, 9.17) is 0 Å².